The number of nitrogens with zero attached hydrogens (tertiary/aromatic N) is 4. The van der Waals surface area contributed by atoms with Crippen molar-refractivity contribution in [2.45, 2.75) is 26.3 Å². The third kappa shape index (κ3) is 2.61. The number of carbonyl (C=O) groups is 1. The van der Waals surface area contributed by atoms with Crippen LogP contribution >= 0.6 is 0 Å². The van der Waals surface area contributed by atoms with Crippen molar-refractivity contribution < 1.29 is 4.79 Å². The van der Waals surface area contributed by atoms with Crippen molar-refractivity contribution in [1.29, 1.82) is 0 Å². The average Bonchev–Trinajstić information content (AvgIpc) is 2.86. The first-order chi connectivity index (χ1) is 8.06. The molecule has 0 bridgehead atoms. The summed E-state index contributed by atoms with van der Waals surface area (Å²) < 4.78 is 3.47. The standard InChI is InChI=1S/C12H16N4O/c1-9(2)16-7-4-10(13-16)8-12(17)11-5-6-15(3)14-11/h4-7,9H,8H2,1-3H3. The molecule has 2 rings (SSSR count). The Balaban J connectivity index is 2.07. The number of aryl methyl sites for hydroxylation is 1. The van der Waals surface area contributed by atoms with E-state index in [1.165, 1.54) is 0 Å². The second-order valence-electron chi connectivity index (χ2n) is 4.36. The lowest BCUT2D eigenvalue weighted by atomic mass is 10.2. The maximum atomic E-state index is 11.9. The molecular weight excluding hydrogens is 216 g/mol. The molecule has 2 heterocycles. The largest absolute Gasteiger partial charge is 0.292 e. The molecule has 0 aliphatic heterocycles. The molecule has 0 unspecified atom stereocenters. The van der Waals surface area contributed by atoms with Gasteiger partial charge in [0.2, 0.25) is 0 Å². The van der Waals surface area contributed by atoms with Crippen LogP contribution in [-0.4, -0.2) is 25.3 Å². The summed E-state index contributed by atoms with van der Waals surface area (Å²) in [5, 5.41) is 8.42. The molecule has 2 aromatic rings. The van der Waals surface area contributed by atoms with Crippen molar-refractivity contribution in [3.05, 3.63) is 35.9 Å². The van der Waals surface area contributed by atoms with E-state index in [1.807, 2.05) is 16.9 Å². The Labute approximate surface area is 100 Å². The zero-order valence-corrected chi connectivity index (χ0v) is 10.3. The Bertz CT molecular complexity index is 524. The Kier molecular flexibility index (Phi) is 3.08. The number of rotatable bonds is 4. The van der Waals surface area contributed by atoms with Gasteiger partial charge in [-0.05, 0) is 26.0 Å². The van der Waals surface area contributed by atoms with Crippen molar-refractivity contribution in [3.63, 3.8) is 0 Å². The third-order valence-electron chi connectivity index (χ3n) is 2.53. The smallest absolute Gasteiger partial charge is 0.189 e. The van der Waals surface area contributed by atoms with Gasteiger partial charge in [0, 0.05) is 25.5 Å². The van der Waals surface area contributed by atoms with Crippen LogP contribution in [0.25, 0.3) is 0 Å². The molecule has 0 spiro atoms. The number of carbonyl (C=O) groups excluding carboxylic acids is 1. The first-order valence-electron chi connectivity index (χ1n) is 5.63. The summed E-state index contributed by atoms with van der Waals surface area (Å²) >= 11 is 0. The van der Waals surface area contributed by atoms with Gasteiger partial charge in [-0.3, -0.25) is 14.2 Å². The number of Topliss-reactive ketones (excluding diaryl/α,β-unsaturated/α-hetero) is 1. The van der Waals surface area contributed by atoms with E-state index in [0.29, 0.717) is 18.2 Å². The van der Waals surface area contributed by atoms with Crippen LogP contribution in [0, 0.1) is 0 Å². The molecule has 0 N–H and O–H groups in total. The highest BCUT2D eigenvalue weighted by atomic mass is 16.1. The van der Waals surface area contributed by atoms with Crippen LogP contribution < -0.4 is 0 Å². The van der Waals surface area contributed by atoms with Crippen LogP contribution in [0.5, 0.6) is 0 Å². The molecule has 5 heteroatoms. The first kappa shape index (κ1) is 11.6. The fourth-order valence-electron chi connectivity index (χ4n) is 1.58. The molecule has 0 fully saturated rings. The summed E-state index contributed by atoms with van der Waals surface area (Å²) in [6, 6.07) is 3.91. The summed E-state index contributed by atoms with van der Waals surface area (Å²) in [6.07, 6.45) is 3.96. The molecule has 0 atom stereocenters. The fraction of sp³-hybridized carbons (Fsp3) is 0.417. The lowest BCUT2D eigenvalue weighted by molar-refractivity contribution is 0.0986. The SMILES string of the molecule is CC(C)n1ccc(CC(=O)c2ccn(C)n2)n1. The molecular formula is C12H16N4O. The molecule has 2 aromatic heterocycles. The number of hydrogen-bond donors (Lipinski definition) is 0. The molecule has 90 valence electrons. The van der Waals surface area contributed by atoms with Gasteiger partial charge in [-0.15, -0.1) is 0 Å². The van der Waals surface area contributed by atoms with E-state index in [4.69, 9.17) is 0 Å². The zero-order chi connectivity index (χ0) is 12.4. The van der Waals surface area contributed by atoms with Gasteiger partial charge in [0.1, 0.15) is 5.69 Å². The third-order valence-corrected chi connectivity index (χ3v) is 2.53. The Morgan fingerprint density at radius 1 is 1.29 bits per heavy atom. The topological polar surface area (TPSA) is 52.7 Å². The second-order valence-corrected chi connectivity index (χ2v) is 4.36. The number of ketones is 1. The van der Waals surface area contributed by atoms with E-state index in [1.54, 1.807) is 24.0 Å². The molecule has 0 aliphatic carbocycles. The summed E-state index contributed by atoms with van der Waals surface area (Å²) in [7, 11) is 1.80. The minimum Gasteiger partial charge on any atom is -0.292 e. The maximum absolute atomic E-state index is 11.9. The summed E-state index contributed by atoms with van der Waals surface area (Å²) in [5.74, 6) is -0.000365. The Hall–Kier alpha value is -1.91. The van der Waals surface area contributed by atoms with Gasteiger partial charge in [-0.1, -0.05) is 0 Å². The summed E-state index contributed by atoms with van der Waals surface area (Å²) in [6.45, 7) is 4.11. The number of hydrogen-bond acceptors (Lipinski definition) is 3. The van der Waals surface area contributed by atoms with E-state index in [-0.39, 0.29) is 5.78 Å². The van der Waals surface area contributed by atoms with Crippen LogP contribution in [0.3, 0.4) is 0 Å². The quantitative estimate of drug-likeness (QED) is 0.753. The van der Waals surface area contributed by atoms with Crippen LogP contribution in [0.2, 0.25) is 0 Å². The van der Waals surface area contributed by atoms with Crippen molar-refractivity contribution >= 4 is 5.78 Å². The van der Waals surface area contributed by atoms with Gasteiger partial charge in [0.15, 0.2) is 5.78 Å². The van der Waals surface area contributed by atoms with E-state index in [2.05, 4.69) is 24.0 Å². The van der Waals surface area contributed by atoms with Crippen LogP contribution in [0.15, 0.2) is 24.5 Å². The highest BCUT2D eigenvalue weighted by Crippen LogP contribution is 2.07. The molecule has 0 amide bonds. The first-order valence-corrected chi connectivity index (χ1v) is 5.63. The van der Waals surface area contributed by atoms with Crippen molar-refractivity contribution in [3.8, 4) is 0 Å². The number of aromatic nitrogens is 4. The summed E-state index contributed by atoms with van der Waals surface area (Å²) in [4.78, 5) is 11.9. The summed E-state index contributed by atoms with van der Waals surface area (Å²) in [5.41, 5.74) is 1.28. The van der Waals surface area contributed by atoms with Gasteiger partial charge in [0.05, 0.1) is 12.1 Å². The van der Waals surface area contributed by atoms with Crippen LogP contribution in [-0.2, 0) is 13.5 Å². The fourth-order valence-corrected chi connectivity index (χ4v) is 1.58. The van der Waals surface area contributed by atoms with Crippen molar-refractivity contribution in [1.82, 2.24) is 19.6 Å². The van der Waals surface area contributed by atoms with Gasteiger partial charge < -0.3 is 0 Å². The molecule has 0 aliphatic rings. The lowest BCUT2D eigenvalue weighted by Crippen LogP contribution is -2.07. The van der Waals surface area contributed by atoms with Crippen LogP contribution in [0.1, 0.15) is 36.1 Å². The van der Waals surface area contributed by atoms with Gasteiger partial charge in [-0.2, -0.15) is 10.2 Å². The van der Waals surface area contributed by atoms with Gasteiger partial charge >= 0.3 is 0 Å². The lowest BCUT2D eigenvalue weighted by Gasteiger charge is -2.03. The highest BCUT2D eigenvalue weighted by Gasteiger charge is 2.12. The average molecular weight is 232 g/mol. The van der Waals surface area contributed by atoms with Crippen molar-refractivity contribution in [2.75, 3.05) is 0 Å². The monoisotopic (exact) mass is 232 g/mol. The maximum Gasteiger partial charge on any atom is 0.189 e. The van der Waals surface area contributed by atoms with Crippen molar-refractivity contribution in [2.24, 2.45) is 7.05 Å². The van der Waals surface area contributed by atoms with Crippen LogP contribution in [0.4, 0.5) is 0 Å². The van der Waals surface area contributed by atoms with E-state index < -0.39 is 0 Å². The van der Waals surface area contributed by atoms with Gasteiger partial charge in [-0.25, -0.2) is 0 Å². The Morgan fingerprint density at radius 2 is 2.06 bits per heavy atom. The normalized spacial score (nSPS) is 11.1. The molecule has 17 heavy (non-hydrogen) atoms. The molecule has 5 nitrogen and oxygen atoms in total. The molecule has 0 aromatic carbocycles. The molecule has 0 saturated carbocycles. The minimum atomic E-state index is -0.000365. The zero-order valence-electron chi connectivity index (χ0n) is 10.3. The van der Waals surface area contributed by atoms with E-state index in [9.17, 15) is 4.79 Å². The van der Waals surface area contributed by atoms with E-state index in [0.717, 1.165) is 5.69 Å². The predicted octanol–water partition coefficient (Wildman–Crippen LogP) is 1.62. The Morgan fingerprint density at radius 3 is 2.59 bits per heavy atom. The predicted molar refractivity (Wildman–Crippen MR) is 63.9 cm³/mol. The highest BCUT2D eigenvalue weighted by molar-refractivity contribution is 5.95. The molecule has 0 saturated heterocycles. The van der Waals surface area contributed by atoms with E-state index >= 15 is 0 Å². The minimum absolute atomic E-state index is 0.000365. The second kappa shape index (κ2) is 4.53. The molecule has 0 radical (unpaired) electrons. The van der Waals surface area contributed by atoms with Gasteiger partial charge in [0.25, 0.3) is 0 Å².